The molecule has 78 valence electrons. The van der Waals surface area contributed by atoms with Crippen LogP contribution in [0.25, 0.3) is 0 Å². The van der Waals surface area contributed by atoms with Gasteiger partial charge in [-0.3, -0.25) is 4.79 Å². The lowest BCUT2D eigenvalue weighted by Crippen LogP contribution is -2.35. The molecule has 2 fully saturated rings. The Bertz CT molecular complexity index is 339. The molecule has 3 nitrogen and oxygen atoms in total. The molecule has 2 bridgehead atoms. The van der Waals surface area contributed by atoms with E-state index in [0.29, 0.717) is 5.71 Å². The molecule has 0 heterocycles. The van der Waals surface area contributed by atoms with E-state index in [-0.39, 0.29) is 22.5 Å². The Morgan fingerprint density at radius 3 is 2.29 bits per heavy atom. The summed E-state index contributed by atoms with van der Waals surface area (Å²) in [6.07, 6.45) is 1.91. The average Bonchev–Trinajstić information content (AvgIpc) is 2.35. The van der Waals surface area contributed by atoms with Gasteiger partial charge in [-0.1, -0.05) is 20.8 Å². The fraction of sp³-hybridized carbons (Fsp3) is 0.818. The maximum absolute atomic E-state index is 12.1. The summed E-state index contributed by atoms with van der Waals surface area (Å²) in [4.78, 5) is 12.1. The van der Waals surface area contributed by atoms with Crippen LogP contribution in [0.5, 0.6) is 0 Å². The number of Topliss-reactive ketones (excluding diaryl/α,β-unsaturated/α-hetero) is 1. The van der Waals surface area contributed by atoms with Gasteiger partial charge in [0, 0.05) is 5.41 Å². The van der Waals surface area contributed by atoms with Crippen LogP contribution in [0.1, 0.15) is 33.6 Å². The van der Waals surface area contributed by atoms with Crippen molar-refractivity contribution in [1.82, 2.24) is 0 Å². The van der Waals surface area contributed by atoms with Crippen LogP contribution in [0.15, 0.2) is 0 Å². The van der Waals surface area contributed by atoms with Gasteiger partial charge in [0.2, 0.25) is 11.5 Å². The predicted octanol–water partition coefficient (Wildman–Crippen LogP) is 1.59. The summed E-state index contributed by atoms with van der Waals surface area (Å²) in [7, 11) is 1.44. The molecule has 14 heavy (non-hydrogen) atoms. The molecule has 0 spiro atoms. The molecule has 2 aliphatic carbocycles. The van der Waals surface area contributed by atoms with Crippen molar-refractivity contribution in [2.75, 3.05) is 7.05 Å². The van der Waals surface area contributed by atoms with Crippen LogP contribution < -0.4 is 0 Å². The highest BCUT2D eigenvalue weighted by Crippen LogP contribution is 2.62. The summed E-state index contributed by atoms with van der Waals surface area (Å²) in [5, 5.41) is 11.3. The van der Waals surface area contributed by atoms with Crippen molar-refractivity contribution in [3.8, 4) is 0 Å². The van der Waals surface area contributed by atoms with Crippen LogP contribution in [0, 0.1) is 22.0 Å². The van der Waals surface area contributed by atoms with E-state index < -0.39 is 0 Å². The molecule has 0 amide bonds. The summed E-state index contributed by atoms with van der Waals surface area (Å²) >= 11 is 0. The number of carbonyl (C=O) groups is 1. The van der Waals surface area contributed by atoms with E-state index >= 15 is 0 Å². The molecule has 2 rings (SSSR count). The van der Waals surface area contributed by atoms with E-state index in [1.807, 2.05) is 6.92 Å². The van der Waals surface area contributed by atoms with Crippen LogP contribution in [-0.4, -0.2) is 23.3 Å². The fourth-order valence-electron chi connectivity index (χ4n) is 3.19. The molecule has 3 heteroatoms. The smallest absolute Gasteiger partial charge is 0.234 e. The van der Waals surface area contributed by atoms with Gasteiger partial charge in [-0.05, 0) is 18.3 Å². The third-order valence-electron chi connectivity index (χ3n) is 4.63. The van der Waals surface area contributed by atoms with Crippen LogP contribution in [0.2, 0.25) is 0 Å². The van der Waals surface area contributed by atoms with Crippen LogP contribution >= 0.6 is 0 Å². The minimum absolute atomic E-state index is 0.0436. The second-order valence-corrected chi connectivity index (χ2v) is 5.36. The zero-order chi connectivity index (χ0) is 10.7. The number of nitrogens with zero attached hydrogens (tertiary/aromatic N) is 1. The topological polar surface area (TPSA) is 43.1 Å². The first kappa shape index (κ1) is 9.69. The fourth-order valence-corrected chi connectivity index (χ4v) is 3.19. The first-order valence-electron chi connectivity index (χ1n) is 5.15. The molecule has 0 aromatic heterocycles. The van der Waals surface area contributed by atoms with Gasteiger partial charge in [0.05, 0.1) is 5.92 Å². The van der Waals surface area contributed by atoms with Crippen molar-refractivity contribution >= 4 is 11.5 Å². The number of fused-ring (bicyclic) bond motifs is 2. The Labute approximate surface area is 84.4 Å². The van der Waals surface area contributed by atoms with Gasteiger partial charge in [-0.25, -0.2) is 4.74 Å². The largest absolute Gasteiger partial charge is 0.624 e. The third-order valence-corrected chi connectivity index (χ3v) is 4.63. The molecule has 2 atom stereocenters. The number of ketones is 1. The number of hydrogen-bond acceptors (Lipinski definition) is 2. The minimum atomic E-state index is -0.300. The predicted molar refractivity (Wildman–Crippen MR) is 54.2 cm³/mol. The molecular formula is C11H17NO2. The molecule has 2 saturated carbocycles. The summed E-state index contributed by atoms with van der Waals surface area (Å²) in [6.45, 7) is 6.23. The van der Waals surface area contributed by atoms with E-state index in [4.69, 9.17) is 0 Å². The van der Waals surface area contributed by atoms with Gasteiger partial charge in [0.25, 0.3) is 0 Å². The zero-order valence-corrected chi connectivity index (χ0v) is 9.26. The van der Waals surface area contributed by atoms with E-state index in [9.17, 15) is 10.0 Å². The van der Waals surface area contributed by atoms with E-state index in [1.165, 1.54) is 7.05 Å². The highest BCUT2D eigenvalue weighted by atomic mass is 16.5. The van der Waals surface area contributed by atoms with Crippen LogP contribution in [0.3, 0.4) is 0 Å². The summed E-state index contributed by atoms with van der Waals surface area (Å²) < 4.78 is 0.777. The van der Waals surface area contributed by atoms with Crippen molar-refractivity contribution in [3.05, 3.63) is 5.21 Å². The van der Waals surface area contributed by atoms with E-state index in [2.05, 4.69) is 13.8 Å². The van der Waals surface area contributed by atoms with E-state index in [0.717, 1.165) is 17.6 Å². The van der Waals surface area contributed by atoms with Crippen LogP contribution in [-0.2, 0) is 4.79 Å². The molecule has 0 aliphatic heterocycles. The highest BCUT2D eigenvalue weighted by Gasteiger charge is 2.68. The quantitative estimate of drug-likeness (QED) is 0.335. The van der Waals surface area contributed by atoms with Crippen molar-refractivity contribution in [1.29, 1.82) is 0 Å². The van der Waals surface area contributed by atoms with Crippen molar-refractivity contribution in [2.24, 2.45) is 16.7 Å². The summed E-state index contributed by atoms with van der Waals surface area (Å²) in [5.74, 6) is 0.249. The van der Waals surface area contributed by atoms with Crippen molar-refractivity contribution in [2.45, 2.75) is 33.6 Å². The number of rotatable bonds is 0. The maximum atomic E-state index is 12.1. The Morgan fingerprint density at radius 1 is 1.43 bits per heavy atom. The Hall–Kier alpha value is -0.860. The first-order valence-corrected chi connectivity index (χ1v) is 5.15. The Morgan fingerprint density at radius 2 is 2.00 bits per heavy atom. The average molecular weight is 195 g/mol. The van der Waals surface area contributed by atoms with Crippen LogP contribution in [0.4, 0.5) is 0 Å². The lowest BCUT2D eigenvalue weighted by Gasteiger charge is -2.30. The number of hydroxylamine groups is 1. The summed E-state index contributed by atoms with van der Waals surface area (Å²) in [6, 6.07) is 0. The second kappa shape index (κ2) is 2.38. The van der Waals surface area contributed by atoms with Gasteiger partial charge in [-0.2, -0.15) is 0 Å². The summed E-state index contributed by atoms with van der Waals surface area (Å²) in [5.41, 5.74) is 0.160. The van der Waals surface area contributed by atoms with Gasteiger partial charge in [0.15, 0.2) is 0 Å². The molecule has 2 aliphatic rings. The highest BCUT2D eigenvalue weighted by molar-refractivity contribution is 6.43. The number of hydrogen-bond donors (Lipinski definition) is 0. The maximum Gasteiger partial charge on any atom is 0.234 e. The molecule has 0 aromatic rings. The molecule has 0 N–H and O–H groups in total. The molecule has 2 unspecified atom stereocenters. The first-order chi connectivity index (χ1) is 6.32. The van der Waals surface area contributed by atoms with E-state index in [1.54, 1.807) is 0 Å². The minimum Gasteiger partial charge on any atom is -0.624 e. The standard InChI is InChI=1S/C11H17NO2/c1-10(2)7-5-6-11(10,3)9(13)8(7)12(4)14/h7H,5-6H2,1-4H3/b12-8+. The van der Waals surface area contributed by atoms with Crippen molar-refractivity contribution < 1.29 is 9.53 Å². The van der Waals surface area contributed by atoms with Gasteiger partial charge >= 0.3 is 0 Å². The number of carbonyl (C=O) groups excluding carboxylic acids is 1. The van der Waals surface area contributed by atoms with Gasteiger partial charge in [-0.15, -0.1) is 0 Å². The third kappa shape index (κ3) is 0.787. The molecular weight excluding hydrogens is 178 g/mol. The Kier molecular flexibility index (Phi) is 1.65. The molecule has 0 radical (unpaired) electrons. The monoisotopic (exact) mass is 195 g/mol. The lowest BCUT2D eigenvalue weighted by atomic mass is 9.70. The van der Waals surface area contributed by atoms with Crippen molar-refractivity contribution in [3.63, 3.8) is 0 Å². The lowest BCUT2D eigenvalue weighted by molar-refractivity contribution is -0.424. The van der Waals surface area contributed by atoms with Gasteiger partial charge < -0.3 is 5.21 Å². The zero-order valence-electron chi connectivity index (χ0n) is 9.26. The normalized spacial score (nSPS) is 43.1. The Balaban J connectivity index is 2.61. The SMILES string of the molecule is C/[N+]([O-])=C1\C(=O)C2(C)CCC1C2(C)C. The van der Waals surface area contributed by atoms with Gasteiger partial charge in [0.1, 0.15) is 7.05 Å². The molecule has 0 aromatic carbocycles. The molecule has 0 saturated heterocycles. The second-order valence-electron chi connectivity index (χ2n) is 5.36.